The Morgan fingerprint density at radius 1 is 1.07 bits per heavy atom. The van der Waals surface area contributed by atoms with Gasteiger partial charge in [0.15, 0.2) is 0 Å². The summed E-state index contributed by atoms with van der Waals surface area (Å²) < 4.78 is 48.6. The van der Waals surface area contributed by atoms with Crippen LogP contribution in [0.3, 0.4) is 0 Å². The molecule has 4 heterocycles. The predicted octanol–water partition coefficient (Wildman–Crippen LogP) is 6.21. The number of H-pyrrole nitrogens is 1. The minimum atomic E-state index is -4.53. The summed E-state index contributed by atoms with van der Waals surface area (Å²) in [5.41, 5.74) is 3.29. The van der Waals surface area contributed by atoms with Gasteiger partial charge >= 0.3 is 6.18 Å². The van der Waals surface area contributed by atoms with Gasteiger partial charge in [0.05, 0.1) is 10.9 Å². The molecule has 2 aliphatic heterocycles. The Labute approximate surface area is 254 Å². The number of halogens is 3. The Balaban J connectivity index is 1.17. The summed E-state index contributed by atoms with van der Waals surface area (Å²) >= 11 is 0. The third-order valence-electron chi connectivity index (χ3n) is 8.74. The second-order valence-electron chi connectivity index (χ2n) is 11.7. The first-order valence-electron chi connectivity index (χ1n) is 15.0. The highest BCUT2D eigenvalue weighted by Crippen LogP contribution is 2.37. The van der Waals surface area contributed by atoms with Crippen LogP contribution in [0.5, 0.6) is 11.5 Å². The standard InChI is InChI=1S/C33H37F3N6O2/c1-4-41-13-15-42(16-14-41)20-23-5-8-24(18-27(23)33(34,35)36)39-32(43)28-10-7-22-6-9-25(19-29(22)40(28)3)44-30-11-12-37-31-26(30)17-21(2)38-31/h5-6,8-9,11-12,17-19,28H,4,7,10,13-16,20H2,1-3H3,(H,37,38)(H,39,43). The number of rotatable bonds is 7. The fourth-order valence-corrected chi connectivity index (χ4v) is 6.24. The fraction of sp³-hybridized carbons (Fsp3) is 0.394. The van der Waals surface area contributed by atoms with Crippen LogP contribution in [-0.4, -0.2) is 71.5 Å². The minimum absolute atomic E-state index is 0.140. The van der Waals surface area contributed by atoms with Gasteiger partial charge < -0.3 is 24.8 Å². The molecule has 1 amide bonds. The molecule has 8 nitrogen and oxygen atoms in total. The number of carbonyl (C=O) groups excluding carboxylic acids is 1. The van der Waals surface area contributed by atoms with Gasteiger partial charge in [-0.1, -0.05) is 19.1 Å². The van der Waals surface area contributed by atoms with Gasteiger partial charge in [0.1, 0.15) is 23.2 Å². The first-order chi connectivity index (χ1) is 21.1. The molecular formula is C33H37F3N6O2. The van der Waals surface area contributed by atoms with Crippen LogP contribution in [0.15, 0.2) is 54.7 Å². The molecule has 0 radical (unpaired) electrons. The summed E-state index contributed by atoms with van der Waals surface area (Å²) in [5, 5.41) is 3.64. The van der Waals surface area contributed by atoms with Gasteiger partial charge in [-0.05, 0) is 67.8 Å². The first-order valence-corrected chi connectivity index (χ1v) is 15.0. The second kappa shape index (κ2) is 12.1. The van der Waals surface area contributed by atoms with Gasteiger partial charge in [0.2, 0.25) is 5.91 Å². The Bertz CT molecular complexity index is 1660. The van der Waals surface area contributed by atoms with Gasteiger partial charge in [-0.3, -0.25) is 9.69 Å². The maximum Gasteiger partial charge on any atom is 0.416 e. The Kier molecular flexibility index (Phi) is 8.26. The summed E-state index contributed by atoms with van der Waals surface area (Å²) in [7, 11) is 1.83. The van der Waals surface area contributed by atoms with E-state index in [2.05, 4.69) is 32.0 Å². The number of aryl methyl sites for hydroxylation is 2. The molecule has 4 aromatic rings. The van der Waals surface area contributed by atoms with Crippen molar-refractivity contribution in [1.82, 2.24) is 19.8 Å². The van der Waals surface area contributed by atoms with Gasteiger partial charge in [-0.2, -0.15) is 13.2 Å². The summed E-state index contributed by atoms with van der Waals surface area (Å²) in [6.07, 6.45) is -1.65. The summed E-state index contributed by atoms with van der Waals surface area (Å²) in [6, 6.07) is 13.2. The van der Waals surface area contributed by atoms with Crippen molar-refractivity contribution in [2.75, 3.05) is 50.0 Å². The molecule has 0 aliphatic carbocycles. The quantitative estimate of drug-likeness (QED) is 0.261. The topological polar surface area (TPSA) is 76.7 Å². The lowest BCUT2D eigenvalue weighted by atomic mass is 9.95. The van der Waals surface area contributed by atoms with Gasteiger partial charge in [-0.25, -0.2) is 4.98 Å². The maximum absolute atomic E-state index is 14.1. The third kappa shape index (κ3) is 6.25. The lowest BCUT2D eigenvalue weighted by molar-refractivity contribution is -0.138. The smallest absolute Gasteiger partial charge is 0.416 e. The number of benzene rings is 2. The zero-order valence-electron chi connectivity index (χ0n) is 25.2. The molecule has 6 rings (SSSR count). The van der Waals surface area contributed by atoms with Crippen molar-refractivity contribution in [3.8, 4) is 11.5 Å². The number of hydrogen-bond donors (Lipinski definition) is 2. The van der Waals surface area contributed by atoms with Crippen LogP contribution in [0, 0.1) is 6.92 Å². The van der Waals surface area contributed by atoms with E-state index in [-0.39, 0.29) is 23.7 Å². The SMILES string of the molecule is CCN1CCN(Cc2ccc(NC(=O)C3CCc4ccc(Oc5ccnc6[nH]c(C)cc56)cc4N3C)cc2C(F)(F)F)CC1. The highest BCUT2D eigenvalue weighted by Gasteiger charge is 2.35. The van der Waals surface area contributed by atoms with Crippen LogP contribution in [0.4, 0.5) is 24.5 Å². The summed E-state index contributed by atoms with van der Waals surface area (Å²) in [5.74, 6) is 0.934. The van der Waals surface area contributed by atoms with E-state index in [4.69, 9.17) is 4.74 Å². The maximum atomic E-state index is 14.1. The Hall–Kier alpha value is -4.09. The predicted molar refractivity (Wildman–Crippen MR) is 165 cm³/mol. The second-order valence-corrected chi connectivity index (χ2v) is 11.7. The van der Waals surface area contributed by atoms with Crippen molar-refractivity contribution in [3.63, 3.8) is 0 Å². The van der Waals surface area contributed by atoms with E-state index in [9.17, 15) is 18.0 Å². The van der Waals surface area contributed by atoms with Crippen LogP contribution in [0.25, 0.3) is 11.0 Å². The molecule has 1 atom stereocenters. The number of likely N-dealkylation sites (N-methyl/N-ethyl adjacent to an activating group) is 2. The number of amides is 1. The number of anilines is 2. The van der Waals surface area contributed by atoms with Crippen LogP contribution in [0.2, 0.25) is 0 Å². The number of nitrogens with zero attached hydrogens (tertiary/aromatic N) is 4. The molecule has 1 fully saturated rings. The van der Waals surface area contributed by atoms with Crippen LogP contribution in [0.1, 0.15) is 35.7 Å². The molecule has 2 aromatic heterocycles. The molecule has 1 unspecified atom stereocenters. The highest BCUT2D eigenvalue weighted by atomic mass is 19.4. The van der Waals surface area contributed by atoms with Gasteiger partial charge in [0, 0.05) is 69.1 Å². The minimum Gasteiger partial charge on any atom is -0.456 e. The molecule has 44 heavy (non-hydrogen) atoms. The van der Waals surface area contributed by atoms with E-state index in [1.807, 2.05) is 49.2 Å². The van der Waals surface area contributed by atoms with Crippen molar-refractivity contribution in [1.29, 1.82) is 0 Å². The zero-order valence-corrected chi connectivity index (χ0v) is 25.2. The van der Waals surface area contributed by atoms with E-state index in [1.165, 1.54) is 6.07 Å². The van der Waals surface area contributed by atoms with Crippen molar-refractivity contribution < 1.29 is 22.7 Å². The summed E-state index contributed by atoms with van der Waals surface area (Å²) in [6.45, 7) is 8.35. The van der Waals surface area contributed by atoms with E-state index >= 15 is 0 Å². The molecule has 2 aliphatic rings. The monoisotopic (exact) mass is 606 g/mol. The van der Waals surface area contributed by atoms with Crippen LogP contribution < -0.4 is 15.0 Å². The van der Waals surface area contributed by atoms with Gasteiger partial charge in [0.25, 0.3) is 0 Å². The largest absolute Gasteiger partial charge is 0.456 e. The van der Waals surface area contributed by atoms with Crippen molar-refractivity contribution >= 4 is 28.3 Å². The number of aromatic nitrogens is 2. The number of pyridine rings is 1. The Morgan fingerprint density at radius 2 is 1.84 bits per heavy atom. The highest BCUT2D eigenvalue weighted by molar-refractivity contribution is 5.97. The van der Waals surface area contributed by atoms with Crippen LogP contribution >= 0.6 is 0 Å². The third-order valence-corrected chi connectivity index (χ3v) is 8.74. The molecule has 0 spiro atoms. The fourth-order valence-electron chi connectivity index (χ4n) is 6.24. The molecule has 0 bridgehead atoms. The number of fused-ring (bicyclic) bond motifs is 2. The molecular weight excluding hydrogens is 569 g/mol. The van der Waals surface area contributed by atoms with Crippen molar-refractivity contribution in [3.05, 3.63) is 77.1 Å². The molecule has 232 valence electrons. The average molecular weight is 607 g/mol. The lowest BCUT2D eigenvalue weighted by Crippen LogP contribution is -2.45. The van der Waals surface area contributed by atoms with Crippen molar-refractivity contribution in [2.45, 2.75) is 45.5 Å². The molecule has 2 aromatic carbocycles. The van der Waals surface area contributed by atoms with E-state index in [0.29, 0.717) is 24.3 Å². The lowest BCUT2D eigenvalue weighted by Gasteiger charge is -2.35. The number of alkyl halides is 3. The number of aromatic amines is 1. The van der Waals surface area contributed by atoms with Crippen molar-refractivity contribution in [2.24, 2.45) is 0 Å². The Morgan fingerprint density at radius 3 is 2.59 bits per heavy atom. The first kappa shape index (κ1) is 30.0. The van der Waals surface area contributed by atoms with E-state index in [0.717, 1.165) is 66.8 Å². The zero-order chi connectivity index (χ0) is 31.0. The molecule has 11 heteroatoms. The van der Waals surface area contributed by atoms with E-state index in [1.54, 1.807) is 12.3 Å². The molecule has 2 N–H and O–H groups in total. The number of nitrogens with one attached hydrogen (secondary N) is 2. The molecule has 0 saturated carbocycles. The number of ether oxygens (including phenoxy) is 1. The normalized spacial score (nSPS) is 18.0. The number of hydrogen-bond acceptors (Lipinski definition) is 6. The average Bonchev–Trinajstić information content (AvgIpc) is 3.39. The number of carbonyl (C=O) groups is 1. The molecule has 1 saturated heterocycles. The van der Waals surface area contributed by atoms with Crippen LogP contribution in [-0.2, 0) is 23.9 Å². The van der Waals surface area contributed by atoms with Gasteiger partial charge in [-0.15, -0.1) is 0 Å². The number of piperazine rings is 1. The van der Waals surface area contributed by atoms with E-state index < -0.39 is 17.8 Å². The summed E-state index contributed by atoms with van der Waals surface area (Å²) in [4.78, 5) is 27.2.